The van der Waals surface area contributed by atoms with E-state index in [1.165, 1.54) is 18.4 Å². The number of nitrogens with zero attached hydrogens (tertiary/aromatic N) is 2. The molecule has 1 fully saturated rings. The van der Waals surface area contributed by atoms with E-state index in [0.717, 1.165) is 28.4 Å². The number of aromatic nitrogens is 2. The molecule has 2 amide bonds. The minimum atomic E-state index is -4.78. The highest BCUT2D eigenvalue weighted by atomic mass is 19.4. The zero-order valence-corrected chi connectivity index (χ0v) is 28.7. The average molecular weight is 676 g/mol. The normalized spacial score (nSPS) is 14.3. The maximum absolute atomic E-state index is 13.9. The van der Waals surface area contributed by atoms with E-state index < -0.39 is 29.5 Å². The molecule has 1 aliphatic rings. The third-order valence-electron chi connectivity index (χ3n) is 8.12. The number of halogens is 3. The number of nitrogens with one attached hydrogen (secondary N) is 3. The Kier molecular flexibility index (Phi) is 10.2. The van der Waals surface area contributed by atoms with E-state index in [4.69, 9.17) is 4.74 Å². The number of ether oxygens (including phenoxy) is 1. The molecule has 1 unspecified atom stereocenters. The van der Waals surface area contributed by atoms with Crippen molar-refractivity contribution in [2.24, 2.45) is 5.92 Å². The van der Waals surface area contributed by atoms with Crippen molar-refractivity contribution < 1.29 is 27.5 Å². The first-order valence-corrected chi connectivity index (χ1v) is 16.4. The summed E-state index contributed by atoms with van der Waals surface area (Å²) in [7, 11) is 0. The van der Waals surface area contributed by atoms with Gasteiger partial charge in [-0.05, 0) is 98.0 Å². The van der Waals surface area contributed by atoms with Gasteiger partial charge in [0.15, 0.2) is 5.69 Å². The summed E-state index contributed by atoms with van der Waals surface area (Å²) in [4.78, 5) is 25.8. The summed E-state index contributed by atoms with van der Waals surface area (Å²) in [6.45, 7) is 12.6. The summed E-state index contributed by atoms with van der Waals surface area (Å²) < 4.78 is 47.8. The van der Waals surface area contributed by atoms with E-state index in [9.17, 15) is 22.8 Å². The van der Waals surface area contributed by atoms with Gasteiger partial charge in [0.25, 0.3) is 5.91 Å². The quantitative estimate of drug-likeness (QED) is 0.157. The van der Waals surface area contributed by atoms with Gasteiger partial charge in [-0.15, -0.1) is 0 Å². The van der Waals surface area contributed by atoms with Gasteiger partial charge in [-0.1, -0.05) is 69.3 Å². The van der Waals surface area contributed by atoms with E-state index in [2.05, 4.69) is 66.1 Å². The van der Waals surface area contributed by atoms with Crippen molar-refractivity contribution >= 4 is 17.7 Å². The van der Waals surface area contributed by atoms with Crippen molar-refractivity contribution in [3.8, 4) is 5.69 Å². The van der Waals surface area contributed by atoms with Gasteiger partial charge >= 0.3 is 12.3 Å². The number of alkyl halides is 3. The zero-order chi connectivity index (χ0) is 35.6. The molecule has 3 N–H and O–H groups in total. The summed E-state index contributed by atoms with van der Waals surface area (Å²) >= 11 is 0. The van der Waals surface area contributed by atoms with Crippen LogP contribution in [0.3, 0.4) is 0 Å². The monoisotopic (exact) mass is 675 g/mol. The molecule has 0 radical (unpaired) electrons. The fourth-order valence-electron chi connectivity index (χ4n) is 5.37. The number of carbonyl (C=O) groups is 2. The van der Waals surface area contributed by atoms with E-state index in [-0.39, 0.29) is 29.4 Å². The molecule has 0 saturated heterocycles. The van der Waals surface area contributed by atoms with Crippen molar-refractivity contribution in [3.05, 3.63) is 113 Å². The van der Waals surface area contributed by atoms with Crippen LogP contribution in [0.4, 0.5) is 23.7 Å². The van der Waals surface area contributed by atoms with Crippen LogP contribution in [0.5, 0.6) is 0 Å². The molecule has 0 spiro atoms. The Morgan fingerprint density at radius 2 is 1.59 bits per heavy atom. The molecule has 3 aromatic carbocycles. The predicted octanol–water partition coefficient (Wildman–Crippen LogP) is 8.55. The lowest BCUT2D eigenvalue weighted by atomic mass is 9.85. The molecule has 5 rings (SSSR count). The van der Waals surface area contributed by atoms with Crippen LogP contribution < -0.4 is 16.0 Å². The number of rotatable bonds is 10. The van der Waals surface area contributed by atoms with Gasteiger partial charge < -0.3 is 20.7 Å². The van der Waals surface area contributed by atoms with E-state index in [1.807, 2.05) is 18.2 Å². The third-order valence-corrected chi connectivity index (χ3v) is 8.12. The molecular weight excluding hydrogens is 631 g/mol. The Morgan fingerprint density at radius 3 is 2.22 bits per heavy atom. The van der Waals surface area contributed by atoms with E-state index in [1.54, 1.807) is 51.1 Å². The highest BCUT2D eigenvalue weighted by molar-refractivity contribution is 6.03. The molecule has 11 heteroatoms. The maximum Gasteiger partial charge on any atom is 0.435 e. The van der Waals surface area contributed by atoms with Crippen molar-refractivity contribution in [1.29, 1.82) is 0 Å². The van der Waals surface area contributed by atoms with Crippen molar-refractivity contribution in [1.82, 2.24) is 20.4 Å². The molecule has 1 atom stereocenters. The van der Waals surface area contributed by atoms with Crippen LogP contribution in [0.25, 0.3) is 5.69 Å². The first-order chi connectivity index (χ1) is 23.0. The summed E-state index contributed by atoms with van der Waals surface area (Å²) in [5.74, 6) is -0.122. The number of hydrogen-bond donors (Lipinski definition) is 3. The lowest BCUT2D eigenvalue weighted by Gasteiger charge is -2.23. The highest BCUT2D eigenvalue weighted by Gasteiger charge is 2.36. The highest BCUT2D eigenvalue weighted by Crippen LogP contribution is 2.33. The van der Waals surface area contributed by atoms with Gasteiger partial charge in [-0.3, -0.25) is 4.79 Å². The first-order valence-electron chi connectivity index (χ1n) is 16.4. The van der Waals surface area contributed by atoms with Crippen LogP contribution in [0.2, 0.25) is 0 Å². The Labute approximate surface area is 285 Å². The summed E-state index contributed by atoms with van der Waals surface area (Å²) in [5.41, 5.74) is 2.26. The average Bonchev–Trinajstić information content (AvgIpc) is 3.72. The number of benzene rings is 3. The standard InChI is InChI=1S/C38H44F3N5O3/c1-36(2,3)28-17-15-26(16-18-28)33(42-22-24-13-14-24)27-10-8-11-29(20-27)44-34(47)31-21-32(38(39,40)41)45-46(31)30-12-7-9-25(19-30)23-43-35(48)49-37(4,5)6/h7-12,15-21,24,33,42H,13-14,22-23H2,1-6H3,(H,43,48)(H,44,47). The Bertz CT molecular complexity index is 1780. The Balaban J connectivity index is 1.40. The second kappa shape index (κ2) is 14.1. The second-order valence-corrected chi connectivity index (χ2v) is 14.6. The van der Waals surface area contributed by atoms with Gasteiger partial charge in [0.05, 0.1) is 11.7 Å². The van der Waals surface area contributed by atoms with Gasteiger partial charge in [-0.2, -0.15) is 18.3 Å². The molecule has 1 aromatic heterocycles. The minimum absolute atomic E-state index is 0.0104. The minimum Gasteiger partial charge on any atom is -0.444 e. The van der Waals surface area contributed by atoms with Crippen LogP contribution in [-0.4, -0.2) is 33.9 Å². The summed E-state index contributed by atoms with van der Waals surface area (Å²) in [5, 5.41) is 12.9. The molecule has 1 heterocycles. The summed E-state index contributed by atoms with van der Waals surface area (Å²) in [6, 6.07) is 22.8. The van der Waals surface area contributed by atoms with Crippen LogP contribution in [-0.2, 0) is 22.9 Å². The maximum atomic E-state index is 13.9. The van der Waals surface area contributed by atoms with Gasteiger partial charge in [0.1, 0.15) is 11.3 Å². The van der Waals surface area contributed by atoms with Crippen LogP contribution in [0, 0.1) is 5.92 Å². The topological polar surface area (TPSA) is 97.3 Å². The number of anilines is 1. The predicted molar refractivity (Wildman–Crippen MR) is 184 cm³/mol. The fourth-order valence-corrected chi connectivity index (χ4v) is 5.37. The van der Waals surface area contributed by atoms with Crippen molar-refractivity contribution in [3.63, 3.8) is 0 Å². The zero-order valence-electron chi connectivity index (χ0n) is 28.7. The van der Waals surface area contributed by atoms with Gasteiger partial charge in [0.2, 0.25) is 0 Å². The van der Waals surface area contributed by atoms with Crippen LogP contribution in [0.15, 0.2) is 78.9 Å². The largest absolute Gasteiger partial charge is 0.444 e. The molecule has 49 heavy (non-hydrogen) atoms. The molecule has 260 valence electrons. The Hall–Kier alpha value is -4.64. The van der Waals surface area contributed by atoms with Crippen molar-refractivity contribution in [2.45, 2.75) is 84.2 Å². The number of alkyl carbamates (subject to hydrolysis) is 1. The molecule has 1 aliphatic carbocycles. The first kappa shape index (κ1) is 35.7. The lowest BCUT2D eigenvalue weighted by Crippen LogP contribution is -2.32. The van der Waals surface area contributed by atoms with E-state index in [0.29, 0.717) is 17.2 Å². The molecule has 4 aromatic rings. The number of hydrogen-bond acceptors (Lipinski definition) is 5. The van der Waals surface area contributed by atoms with E-state index >= 15 is 0 Å². The molecule has 0 bridgehead atoms. The van der Waals surface area contributed by atoms with Crippen LogP contribution >= 0.6 is 0 Å². The number of carbonyl (C=O) groups excluding carboxylic acids is 2. The van der Waals surface area contributed by atoms with Crippen LogP contribution in [0.1, 0.15) is 98.9 Å². The second-order valence-electron chi connectivity index (χ2n) is 14.6. The smallest absolute Gasteiger partial charge is 0.435 e. The van der Waals surface area contributed by atoms with Crippen molar-refractivity contribution in [2.75, 3.05) is 11.9 Å². The van der Waals surface area contributed by atoms with Gasteiger partial charge in [0, 0.05) is 18.3 Å². The Morgan fingerprint density at radius 1 is 0.898 bits per heavy atom. The lowest BCUT2D eigenvalue weighted by molar-refractivity contribution is -0.141. The molecular formula is C38H44F3N5O3. The molecule has 1 saturated carbocycles. The molecule has 0 aliphatic heterocycles. The fraction of sp³-hybridized carbons (Fsp3) is 0.395. The SMILES string of the molecule is CC(C)(C)OC(=O)NCc1cccc(-n2nc(C(F)(F)F)cc2C(=O)Nc2cccc(C(NCC3CC3)c3ccc(C(C)(C)C)cc3)c2)c1. The summed E-state index contributed by atoms with van der Waals surface area (Å²) in [6.07, 6.45) is -3.03. The molecule has 8 nitrogen and oxygen atoms in total. The third kappa shape index (κ3) is 9.72. The number of amides is 2. The van der Waals surface area contributed by atoms with Gasteiger partial charge in [-0.25, -0.2) is 9.48 Å².